The van der Waals surface area contributed by atoms with E-state index in [0.29, 0.717) is 0 Å². The van der Waals surface area contributed by atoms with Gasteiger partial charge in [0.2, 0.25) is 0 Å². The Morgan fingerprint density at radius 1 is 0.947 bits per heavy atom. The van der Waals surface area contributed by atoms with Crippen molar-refractivity contribution in [2.75, 3.05) is 0 Å². The molecule has 1 aromatic carbocycles. The maximum absolute atomic E-state index is 6.50. The lowest BCUT2D eigenvalue weighted by Crippen LogP contribution is -2.40. The highest BCUT2D eigenvalue weighted by Gasteiger charge is 2.32. The van der Waals surface area contributed by atoms with E-state index in [-0.39, 0.29) is 5.54 Å². The van der Waals surface area contributed by atoms with Crippen LogP contribution in [0.15, 0.2) is 42.6 Å². The Balaban J connectivity index is 1.96. The van der Waals surface area contributed by atoms with Crippen LogP contribution in [0.3, 0.4) is 0 Å². The summed E-state index contributed by atoms with van der Waals surface area (Å²) in [6.45, 7) is 0. The van der Waals surface area contributed by atoms with E-state index >= 15 is 0 Å². The van der Waals surface area contributed by atoms with Crippen LogP contribution in [-0.4, -0.2) is 9.97 Å². The first-order valence-corrected chi connectivity index (χ1v) is 6.96. The largest absolute Gasteiger partial charge is 0.319 e. The molecule has 1 aliphatic rings. The molecule has 3 nitrogen and oxygen atoms in total. The molecule has 0 bridgehead atoms. The summed E-state index contributed by atoms with van der Waals surface area (Å²) in [6.07, 6.45) is 7.44. The lowest BCUT2D eigenvalue weighted by molar-refractivity contribution is 0.287. The summed E-state index contributed by atoms with van der Waals surface area (Å²) in [4.78, 5) is 9.13. The van der Waals surface area contributed by atoms with Crippen LogP contribution in [0.25, 0.3) is 11.3 Å². The molecule has 0 atom stereocenters. The minimum atomic E-state index is -0.330. The summed E-state index contributed by atoms with van der Waals surface area (Å²) >= 11 is 0. The Kier molecular flexibility index (Phi) is 3.30. The van der Waals surface area contributed by atoms with Crippen LogP contribution in [0.2, 0.25) is 0 Å². The number of hydrogen-bond acceptors (Lipinski definition) is 3. The Morgan fingerprint density at radius 3 is 2.42 bits per heavy atom. The Bertz CT molecular complexity index is 545. The number of rotatable bonds is 2. The molecular formula is C16H19N3. The molecule has 3 heteroatoms. The number of aromatic nitrogens is 2. The van der Waals surface area contributed by atoms with Crippen LogP contribution >= 0.6 is 0 Å². The normalized spacial score (nSPS) is 18.2. The molecule has 2 N–H and O–H groups in total. The average molecular weight is 253 g/mol. The van der Waals surface area contributed by atoms with Crippen molar-refractivity contribution in [3.8, 4) is 11.3 Å². The van der Waals surface area contributed by atoms with E-state index in [2.05, 4.69) is 17.1 Å². The molecule has 0 saturated heterocycles. The number of hydrogen-bond donors (Lipinski definition) is 1. The van der Waals surface area contributed by atoms with Gasteiger partial charge < -0.3 is 5.73 Å². The van der Waals surface area contributed by atoms with E-state index in [4.69, 9.17) is 10.7 Å². The van der Waals surface area contributed by atoms with Gasteiger partial charge in [0, 0.05) is 11.8 Å². The van der Waals surface area contributed by atoms with Crippen LogP contribution in [-0.2, 0) is 5.54 Å². The zero-order valence-corrected chi connectivity index (χ0v) is 11.0. The summed E-state index contributed by atoms with van der Waals surface area (Å²) in [5, 5.41) is 0. The summed E-state index contributed by atoms with van der Waals surface area (Å²) in [6, 6.07) is 12.1. The Morgan fingerprint density at radius 2 is 1.68 bits per heavy atom. The number of nitrogens with zero attached hydrogens (tertiary/aromatic N) is 2. The Hall–Kier alpha value is -1.74. The number of benzene rings is 1. The fourth-order valence-electron chi connectivity index (χ4n) is 2.77. The highest BCUT2D eigenvalue weighted by molar-refractivity contribution is 5.58. The Labute approximate surface area is 113 Å². The first-order valence-electron chi connectivity index (χ1n) is 6.96. The van der Waals surface area contributed by atoms with Gasteiger partial charge in [-0.05, 0) is 18.9 Å². The van der Waals surface area contributed by atoms with Gasteiger partial charge in [-0.2, -0.15) is 0 Å². The third kappa shape index (κ3) is 2.51. The van der Waals surface area contributed by atoms with Gasteiger partial charge in [0.1, 0.15) is 5.82 Å². The quantitative estimate of drug-likeness (QED) is 0.893. The second kappa shape index (κ2) is 5.10. The molecule has 1 fully saturated rings. The first-order chi connectivity index (χ1) is 9.28. The van der Waals surface area contributed by atoms with Gasteiger partial charge >= 0.3 is 0 Å². The SMILES string of the molecule is NC1(c2nccc(-c3ccccc3)n2)CCCCC1. The topological polar surface area (TPSA) is 51.8 Å². The third-order valence-corrected chi connectivity index (χ3v) is 3.92. The standard InChI is InChI=1S/C16H19N3/c17-16(10-5-2-6-11-16)15-18-12-9-14(19-15)13-7-3-1-4-8-13/h1,3-4,7-9,12H,2,5-6,10-11,17H2. The summed E-state index contributed by atoms with van der Waals surface area (Å²) < 4.78 is 0. The molecule has 3 rings (SSSR count). The predicted octanol–water partition coefficient (Wildman–Crippen LogP) is 3.26. The summed E-state index contributed by atoms with van der Waals surface area (Å²) in [7, 11) is 0. The molecule has 1 aliphatic carbocycles. The fraction of sp³-hybridized carbons (Fsp3) is 0.375. The van der Waals surface area contributed by atoms with Crippen LogP contribution < -0.4 is 5.73 Å². The maximum atomic E-state index is 6.50. The lowest BCUT2D eigenvalue weighted by Gasteiger charge is -2.31. The highest BCUT2D eigenvalue weighted by Crippen LogP contribution is 2.33. The highest BCUT2D eigenvalue weighted by atomic mass is 15.0. The second-order valence-electron chi connectivity index (χ2n) is 5.35. The fourth-order valence-corrected chi connectivity index (χ4v) is 2.77. The van der Waals surface area contributed by atoms with Gasteiger partial charge in [-0.1, -0.05) is 49.6 Å². The van der Waals surface area contributed by atoms with Crippen molar-refractivity contribution in [3.05, 3.63) is 48.4 Å². The van der Waals surface area contributed by atoms with Crippen molar-refractivity contribution in [1.29, 1.82) is 0 Å². The van der Waals surface area contributed by atoms with E-state index in [1.165, 1.54) is 19.3 Å². The molecule has 0 amide bonds. The van der Waals surface area contributed by atoms with Crippen LogP contribution in [0.4, 0.5) is 0 Å². The van der Waals surface area contributed by atoms with Crippen molar-refractivity contribution >= 4 is 0 Å². The second-order valence-corrected chi connectivity index (χ2v) is 5.35. The van der Waals surface area contributed by atoms with Crippen LogP contribution in [0, 0.1) is 0 Å². The monoisotopic (exact) mass is 253 g/mol. The zero-order chi connectivity index (χ0) is 13.1. The molecule has 2 aromatic rings. The van der Waals surface area contributed by atoms with Crippen LogP contribution in [0.1, 0.15) is 37.9 Å². The smallest absolute Gasteiger partial charge is 0.148 e. The minimum Gasteiger partial charge on any atom is -0.319 e. The zero-order valence-electron chi connectivity index (χ0n) is 11.0. The third-order valence-electron chi connectivity index (χ3n) is 3.92. The van der Waals surface area contributed by atoms with Crippen molar-refractivity contribution in [2.24, 2.45) is 5.73 Å². The molecule has 0 spiro atoms. The summed E-state index contributed by atoms with van der Waals surface area (Å²) in [5.41, 5.74) is 8.25. The molecule has 1 aromatic heterocycles. The minimum absolute atomic E-state index is 0.330. The van der Waals surface area contributed by atoms with Gasteiger partial charge in [0.25, 0.3) is 0 Å². The van der Waals surface area contributed by atoms with E-state index in [1.54, 1.807) is 0 Å². The average Bonchev–Trinajstić information content (AvgIpc) is 2.49. The molecule has 98 valence electrons. The van der Waals surface area contributed by atoms with Crippen molar-refractivity contribution in [3.63, 3.8) is 0 Å². The van der Waals surface area contributed by atoms with E-state index in [1.807, 2.05) is 30.5 Å². The van der Waals surface area contributed by atoms with Crippen molar-refractivity contribution in [2.45, 2.75) is 37.6 Å². The molecule has 0 aliphatic heterocycles. The van der Waals surface area contributed by atoms with Gasteiger partial charge in [0.05, 0.1) is 11.2 Å². The van der Waals surface area contributed by atoms with E-state index in [0.717, 1.165) is 29.9 Å². The van der Waals surface area contributed by atoms with Gasteiger partial charge in [0.15, 0.2) is 0 Å². The van der Waals surface area contributed by atoms with E-state index in [9.17, 15) is 0 Å². The molecular weight excluding hydrogens is 234 g/mol. The summed E-state index contributed by atoms with van der Waals surface area (Å²) in [5.74, 6) is 0.800. The predicted molar refractivity (Wildman–Crippen MR) is 76.4 cm³/mol. The van der Waals surface area contributed by atoms with Crippen molar-refractivity contribution in [1.82, 2.24) is 9.97 Å². The molecule has 0 radical (unpaired) electrons. The first kappa shape index (κ1) is 12.3. The van der Waals surface area contributed by atoms with Gasteiger partial charge in [-0.3, -0.25) is 0 Å². The number of nitrogens with two attached hydrogens (primary N) is 1. The van der Waals surface area contributed by atoms with Crippen LogP contribution in [0.5, 0.6) is 0 Å². The van der Waals surface area contributed by atoms with E-state index < -0.39 is 0 Å². The van der Waals surface area contributed by atoms with Crippen molar-refractivity contribution < 1.29 is 0 Å². The molecule has 0 unspecified atom stereocenters. The van der Waals surface area contributed by atoms with Gasteiger partial charge in [-0.15, -0.1) is 0 Å². The lowest BCUT2D eigenvalue weighted by atomic mass is 9.82. The molecule has 1 heterocycles. The molecule has 19 heavy (non-hydrogen) atoms. The maximum Gasteiger partial charge on any atom is 0.148 e. The molecule has 1 saturated carbocycles. The van der Waals surface area contributed by atoms with Gasteiger partial charge in [-0.25, -0.2) is 9.97 Å².